The number of ketones is 1. The van der Waals surface area contributed by atoms with Crippen LogP contribution in [0.4, 0.5) is 0 Å². The summed E-state index contributed by atoms with van der Waals surface area (Å²) < 4.78 is 0. The fourth-order valence-corrected chi connectivity index (χ4v) is 8.39. The Morgan fingerprint density at radius 3 is 2.60 bits per heavy atom. The van der Waals surface area contributed by atoms with E-state index in [-0.39, 0.29) is 46.3 Å². The summed E-state index contributed by atoms with van der Waals surface area (Å²) >= 11 is 3.58. The van der Waals surface area contributed by atoms with E-state index in [0.717, 1.165) is 44.9 Å². The molecule has 4 saturated carbocycles. The number of fused-ring (bicyclic) bond motifs is 5. The van der Waals surface area contributed by atoms with Crippen molar-refractivity contribution in [3.63, 3.8) is 0 Å². The van der Waals surface area contributed by atoms with Crippen molar-refractivity contribution in [2.45, 2.75) is 75.3 Å². The molecule has 0 heterocycles. The summed E-state index contributed by atoms with van der Waals surface area (Å²) in [7, 11) is 0. The molecule has 0 amide bonds. The lowest BCUT2D eigenvalue weighted by Gasteiger charge is -2.62. The van der Waals surface area contributed by atoms with Crippen LogP contribution in [0.1, 0.15) is 58.3 Å². The van der Waals surface area contributed by atoms with Gasteiger partial charge in [-0.3, -0.25) is 4.79 Å². The zero-order chi connectivity index (χ0) is 18.0. The molecule has 4 aliphatic carbocycles. The van der Waals surface area contributed by atoms with Crippen molar-refractivity contribution in [2.75, 3.05) is 6.61 Å². The maximum atomic E-state index is 12.8. The highest BCUT2D eigenvalue weighted by molar-refractivity contribution is 9.10. The fourth-order valence-electron chi connectivity index (χ4n) is 7.47. The van der Waals surface area contributed by atoms with E-state index in [4.69, 9.17) is 0 Å². The molecule has 0 saturated heterocycles. The van der Waals surface area contributed by atoms with Crippen LogP contribution in [-0.4, -0.2) is 44.7 Å². The highest BCUT2D eigenvalue weighted by atomic mass is 79.9. The Labute approximate surface area is 158 Å². The van der Waals surface area contributed by atoms with Crippen LogP contribution in [0.15, 0.2) is 0 Å². The maximum absolute atomic E-state index is 12.8. The molecule has 5 heteroatoms. The number of hydrogen-bond acceptors (Lipinski definition) is 4. The number of carbonyl (C=O) groups excluding carboxylic acids is 1. The van der Waals surface area contributed by atoms with E-state index in [1.54, 1.807) is 0 Å². The molecule has 4 fully saturated rings. The van der Waals surface area contributed by atoms with Gasteiger partial charge < -0.3 is 15.3 Å². The van der Waals surface area contributed by atoms with E-state index in [1.807, 2.05) is 0 Å². The summed E-state index contributed by atoms with van der Waals surface area (Å²) in [6.07, 6.45) is 6.02. The molecule has 9 atom stereocenters. The van der Waals surface area contributed by atoms with Crippen molar-refractivity contribution < 1.29 is 20.1 Å². The summed E-state index contributed by atoms with van der Waals surface area (Å²) in [5.41, 5.74) is -0.273. The minimum Gasteiger partial charge on any atom is -0.396 e. The molecule has 4 aliphatic rings. The molecule has 0 aromatic heterocycles. The standard InChI is InChI=1S/C20H31BrO4/c1-19-4-3-13-17(14(19)10-15(21)18(19)25)16(24)9-11-8-12(23)2-5-20(11,13)6-7-22/h11-17,22-24H,2-10H2,1H3/t11-,12+,13?,14?,15-,16?,17?,19+,20-/m1/s1. The lowest BCUT2D eigenvalue weighted by Crippen LogP contribution is -2.59. The second-order valence-corrected chi connectivity index (χ2v) is 10.6. The zero-order valence-electron chi connectivity index (χ0n) is 15.0. The third-order valence-corrected chi connectivity index (χ3v) is 9.42. The highest BCUT2D eigenvalue weighted by Gasteiger charge is 2.64. The number of alkyl halides is 1. The van der Waals surface area contributed by atoms with Gasteiger partial charge in [-0.1, -0.05) is 22.9 Å². The van der Waals surface area contributed by atoms with Gasteiger partial charge in [0.2, 0.25) is 0 Å². The van der Waals surface area contributed by atoms with Crippen LogP contribution in [0.25, 0.3) is 0 Å². The van der Waals surface area contributed by atoms with Crippen LogP contribution in [0.3, 0.4) is 0 Å². The Bertz CT molecular complexity index is 554. The van der Waals surface area contributed by atoms with Gasteiger partial charge in [-0.05, 0) is 80.5 Å². The van der Waals surface area contributed by atoms with Gasteiger partial charge in [0.05, 0.1) is 17.0 Å². The van der Waals surface area contributed by atoms with Crippen LogP contribution >= 0.6 is 15.9 Å². The third kappa shape index (κ3) is 2.52. The third-order valence-electron chi connectivity index (χ3n) is 8.63. The Morgan fingerprint density at radius 2 is 1.88 bits per heavy atom. The van der Waals surface area contributed by atoms with Crippen LogP contribution < -0.4 is 0 Å². The molecule has 0 aromatic carbocycles. The van der Waals surface area contributed by atoms with Crippen molar-refractivity contribution >= 4 is 21.7 Å². The summed E-state index contributed by atoms with van der Waals surface area (Å²) in [6.45, 7) is 2.29. The van der Waals surface area contributed by atoms with E-state index >= 15 is 0 Å². The van der Waals surface area contributed by atoms with E-state index in [1.165, 1.54) is 0 Å². The van der Waals surface area contributed by atoms with Gasteiger partial charge in [-0.2, -0.15) is 0 Å². The van der Waals surface area contributed by atoms with Crippen molar-refractivity contribution in [1.29, 1.82) is 0 Å². The van der Waals surface area contributed by atoms with Crippen LogP contribution in [-0.2, 0) is 4.79 Å². The number of aliphatic hydroxyl groups is 3. The van der Waals surface area contributed by atoms with E-state index in [0.29, 0.717) is 24.0 Å². The Hall–Kier alpha value is 0.0300. The van der Waals surface area contributed by atoms with Crippen molar-refractivity contribution in [2.24, 2.45) is 34.5 Å². The van der Waals surface area contributed by atoms with E-state index < -0.39 is 0 Å². The number of halogens is 1. The molecule has 4 rings (SSSR count). The van der Waals surface area contributed by atoms with Gasteiger partial charge in [0.1, 0.15) is 0 Å². The van der Waals surface area contributed by atoms with Crippen LogP contribution in [0.5, 0.6) is 0 Å². The Morgan fingerprint density at radius 1 is 1.12 bits per heavy atom. The quantitative estimate of drug-likeness (QED) is 0.606. The minimum atomic E-state index is -0.387. The fraction of sp³-hybridized carbons (Fsp3) is 0.950. The number of Topliss-reactive ketones (excluding diaryl/α,β-unsaturated/α-hetero) is 1. The molecular weight excluding hydrogens is 384 g/mol. The summed E-state index contributed by atoms with van der Waals surface area (Å²) in [4.78, 5) is 12.7. The van der Waals surface area contributed by atoms with Crippen molar-refractivity contribution in [3.8, 4) is 0 Å². The molecule has 25 heavy (non-hydrogen) atoms. The lowest BCUT2D eigenvalue weighted by atomic mass is 9.43. The number of aliphatic hydroxyl groups excluding tert-OH is 3. The summed E-state index contributed by atoms with van der Waals surface area (Å²) in [6, 6.07) is 0. The second kappa shape index (κ2) is 6.29. The first kappa shape index (κ1) is 18.4. The lowest BCUT2D eigenvalue weighted by molar-refractivity contribution is -0.182. The van der Waals surface area contributed by atoms with Gasteiger partial charge in [-0.15, -0.1) is 0 Å². The molecule has 4 nitrogen and oxygen atoms in total. The summed E-state index contributed by atoms with van der Waals surface area (Å²) in [5.74, 6) is 1.37. The predicted molar refractivity (Wildman–Crippen MR) is 98.3 cm³/mol. The Kier molecular flexibility index (Phi) is 4.63. The monoisotopic (exact) mass is 414 g/mol. The molecule has 3 N–H and O–H groups in total. The van der Waals surface area contributed by atoms with Crippen molar-refractivity contribution in [3.05, 3.63) is 0 Å². The zero-order valence-corrected chi connectivity index (χ0v) is 16.6. The summed E-state index contributed by atoms with van der Waals surface area (Å²) in [5, 5.41) is 31.1. The topological polar surface area (TPSA) is 77.8 Å². The first-order chi connectivity index (χ1) is 11.8. The second-order valence-electron chi connectivity index (χ2n) is 9.45. The SMILES string of the molecule is C[C@]12CCC3C(C(O)C[C@H]4C[C@@H](O)CC[C@]34CCO)C1C[C@@H](Br)C2=O. The molecule has 0 aliphatic heterocycles. The molecule has 0 aromatic rings. The molecule has 0 bridgehead atoms. The Balaban J connectivity index is 1.72. The first-order valence-electron chi connectivity index (χ1n) is 9.99. The average molecular weight is 415 g/mol. The predicted octanol–water partition coefficient (Wildman–Crippen LogP) is 2.67. The van der Waals surface area contributed by atoms with Gasteiger partial charge in [0.25, 0.3) is 0 Å². The normalized spacial score (nSPS) is 55.4. The minimum absolute atomic E-state index is 0.0344. The number of rotatable bonds is 2. The molecule has 0 radical (unpaired) electrons. The number of carbonyl (C=O) groups is 1. The van der Waals surface area contributed by atoms with Gasteiger partial charge in [0.15, 0.2) is 5.78 Å². The van der Waals surface area contributed by atoms with E-state index in [2.05, 4.69) is 22.9 Å². The largest absolute Gasteiger partial charge is 0.396 e. The smallest absolute Gasteiger partial charge is 0.152 e. The van der Waals surface area contributed by atoms with Gasteiger partial charge >= 0.3 is 0 Å². The van der Waals surface area contributed by atoms with Crippen LogP contribution in [0.2, 0.25) is 0 Å². The average Bonchev–Trinajstić information content (AvgIpc) is 2.80. The molecule has 142 valence electrons. The molecule has 4 unspecified atom stereocenters. The van der Waals surface area contributed by atoms with Gasteiger partial charge in [-0.25, -0.2) is 0 Å². The molecular formula is C20H31BrO4. The highest BCUT2D eigenvalue weighted by Crippen LogP contribution is 2.66. The van der Waals surface area contributed by atoms with Crippen molar-refractivity contribution in [1.82, 2.24) is 0 Å². The first-order valence-corrected chi connectivity index (χ1v) is 10.9. The van der Waals surface area contributed by atoms with Crippen LogP contribution in [0, 0.1) is 34.5 Å². The van der Waals surface area contributed by atoms with E-state index in [9.17, 15) is 20.1 Å². The van der Waals surface area contributed by atoms with Gasteiger partial charge in [0, 0.05) is 12.0 Å². The maximum Gasteiger partial charge on any atom is 0.152 e. The molecule has 0 spiro atoms. The number of hydrogen-bond donors (Lipinski definition) is 3.